The summed E-state index contributed by atoms with van der Waals surface area (Å²) >= 11 is 6.09. The van der Waals surface area contributed by atoms with Crippen LogP contribution < -0.4 is 5.32 Å². The molecule has 5 rings (SSSR count). The highest BCUT2D eigenvalue weighted by atomic mass is 35.5. The van der Waals surface area contributed by atoms with Crippen molar-refractivity contribution >= 4 is 28.8 Å². The molecule has 1 fully saturated rings. The third kappa shape index (κ3) is 4.85. The highest BCUT2D eigenvalue weighted by molar-refractivity contribution is 6.29. The van der Waals surface area contributed by atoms with Crippen LogP contribution in [0.25, 0.3) is 22.4 Å². The van der Waals surface area contributed by atoms with Gasteiger partial charge in [-0.2, -0.15) is 0 Å². The molecule has 0 radical (unpaired) electrons. The van der Waals surface area contributed by atoms with Crippen molar-refractivity contribution in [1.29, 1.82) is 0 Å². The summed E-state index contributed by atoms with van der Waals surface area (Å²) in [6.45, 7) is 4.00. The monoisotopic (exact) mass is 413 g/mol. The van der Waals surface area contributed by atoms with E-state index in [-0.39, 0.29) is 0 Å². The Kier molecular flexibility index (Phi) is 7.41. The second kappa shape index (κ2) is 10.2. The van der Waals surface area contributed by atoms with Gasteiger partial charge < -0.3 is 5.32 Å². The lowest BCUT2D eigenvalue weighted by Gasteiger charge is -2.05. The minimum absolute atomic E-state index is 0.525. The third-order valence-electron chi connectivity index (χ3n) is 4.77. The van der Waals surface area contributed by atoms with Gasteiger partial charge >= 0.3 is 0 Å². The van der Waals surface area contributed by atoms with E-state index in [4.69, 9.17) is 11.6 Å². The lowest BCUT2D eigenvalue weighted by Crippen LogP contribution is -2.00. The molecule has 0 aromatic carbocycles. The first-order chi connectivity index (χ1) is 14.3. The van der Waals surface area contributed by atoms with E-state index in [1.165, 1.54) is 38.5 Å². The van der Waals surface area contributed by atoms with E-state index in [0.29, 0.717) is 16.9 Å². The van der Waals surface area contributed by atoms with Gasteiger partial charge in [0.25, 0.3) is 0 Å². The van der Waals surface area contributed by atoms with E-state index in [1.54, 1.807) is 34.6 Å². The Labute approximate surface area is 176 Å². The summed E-state index contributed by atoms with van der Waals surface area (Å²) in [5, 5.41) is 7.77. The van der Waals surface area contributed by atoms with Gasteiger partial charge in [-0.25, -0.2) is 19.5 Å². The first-order valence-corrected chi connectivity index (χ1v) is 10.6. The number of fused-ring (bicyclic) bond motifs is 2. The maximum absolute atomic E-state index is 6.09. The third-order valence-corrected chi connectivity index (χ3v) is 5.05. The molecule has 0 unspecified atom stereocenters. The summed E-state index contributed by atoms with van der Waals surface area (Å²) < 4.78 is 3.51. The van der Waals surface area contributed by atoms with Crippen LogP contribution in [0.1, 0.15) is 52.4 Å². The maximum Gasteiger partial charge on any atom is 0.240 e. The Morgan fingerprint density at radius 1 is 0.931 bits per heavy atom. The maximum atomic E-state index is 6.09. The Morgan fingerprint density at radius 3 is 2.24 bits per heavy atom. The van der Waals surface area contributed by atoms with Crippen molar-refractivity contribution in [1.82, 2.24) is 29.0 Å². The van der Waals surface area contributed by atoms with Gasteiger partial charge in [0.05, 0.1) is 17.9 Å². The van der Waals surface area contributed by atoms with Gasteiger partial charge in [0, 0.05) is 36.8 Å². The van der Waals surface area contributed by atoms with Crippen molar-refractivity contribution in [3.63, 3.8) is 0 Å². The summed E-state index contributed by atoms with van der Waals surface area (Å²) in [5.41, 5.74) is 2.80. The van der Waals surface area contributed by atoms with Crippen molar-refractivity contribution in [3.05, 3.63) is 42.2 Å². The zero-order valence-corrected chi connectivity index (χ0v) is 18.0. The fraction of sp³-hybridized carbons (Fsp3) is 0.429. The fourth-order valence-corrected chi connectivity index (χ4v) is 3.48. The molecule has 1 saturated carbocycles. The van der Waals surface area contributed by atoms with Gasteiger partial charge in [0.2, 0.25) is 11.7 Å². The first-order valence-electron chi connectivity index (χ1n) is 10.3. The van der Waals surface area contributed by atoms with Crippen LogP contribution >= 0.6 is 11.6 Å². The van der Waals surface area contributed by atoms with Crippen LogP contribution in [0.15, 0.2) is 37.1 Å². The van der Waals surface area contributed by atoms with Crippen LogP contribution in [0, 0.1) is 0 Å². The Balaban J connectivity index is 0.000000256. The van der Waals surface area contributed by atoms with Crippen molar-refractivity contribution in [2.75, 3.05) is 12.4 Å². The van der Waals surface area contributed by atoms with E-state index in [2.05, 4.69) is 25.4 Å². The number of hydrogen-bond acceptors (Lipinski definition) is 5. The van der Waals surface area contributed by atoms with Gasteiger partial charge in [-0.05, 0) is 6.07 Å². The molecular formula is C21H28ClN7. The smallest absolute Gasteiger partial charge is 0.240 e. The highest BCUT2D eigenvalue weighted by Gasteiger charge is 2.10. The molecule has 4 aromatic rings. The minimum atomic E-state index is 0.525. The number of hydrogen-bond donors (Lipinski definition) is 1. The quantitative estimate of drug-likeness (QED) is 0.469. The van der Waals surface area contributed by atoms with E-state index < -0.39 is 0 Å². The van der Waals surface area contributed by atoms with Gasteiger partial charge in [-0.15, -0.1) is 5.10 Å². The highest BCUT2D eigenvalue weighted by Crippen LogP contribution is 2.25. The molecule has 0 bridgehead atoms. The number of nitrogens with zero attached hydrogens (tertiary/aromatic N) is 6. The van der Waals surface area contributed by atoms with Gasteiger partial charge in [-0.3, -0.25) is 4.40 Å². The summed E-state index contributed by atoms with van der Waals surface area (Å²) in [4.78, 5) is 12.7. The molecule has 0 spiro atoms. The van der Waals surface area contributed by atoms with Crippen molar-refractivity contribution in [2.45, 2.75) is 52.4 Å². The molecule has 7 nitrogen and oxygen atoms in total. The van der Waals surface area contributed by atoms with Gasteiger partial charge in [0.15, 0.2) is 0 Å². The van der Waals surface area contributed by atoms with Gasteiger partial charge in [-0.1, -0.05) is 64.0 Å². The summed E-state index contributed by atoms with van der Waals surface area (Å²) in [6.07, 6.45) is 17.9. The Bertz CT molecular complexity index is 1040. The predicted octanol–water partition coefficient (Wildman–Crippen LogP) is 5.50. The molecule has 4 heterocycles. The molecule has 1 aliphatic rings. The Hall–Kier alpha value is -2.67. The summed E-state index contributed by atoms with van der Waals surface area (Å²) in [5.74, 6) is 1.14. The van der Waals surface area contributed by atoms with E-state index in [1.807, 2.05) is 32.3 Å². The van der Waals surface area contributed by atoms with Crippen molar-refractivity contribution in [2.24, 2.45) is 0 Å². The summed E-state index contributed by atoms with van der Waals surface area (Å²) in [7, 11) is 1.78. The standard InChI is InChI=1S/C13H10ClN7.C6H12.C2H6/c1-15-12-16-5-10-9(2-3-21(10)19-12)8-4-17-13-18-6-11(14)20(13)7-8;1-2-4-6-5-3-1;1-2/h2-7H,1H3,(H,15,19);1-6H2;1-2H3. The molecule has 0 aliphatic heterocycles. The molecule has 4 aromatic heterocycles. The normalized spacial score (nSPS) is 13.4. The van der Waals surface area contributed by atoms with E-state index in [0.717, 1.165) is 16.6 Å². The van der Waals surface area contributed by atoms with Gasteiger partial charge in [0.1, 0.15) is 5.15 Å². The molecule has 1 aliphatic carbocycles. The number of aromatic nitrogens is 6. The SMILES string of the molecule is C1CCCCC1.CC.CNc1ncc2c(-c3cnc4ncc(Cl)n4c3)ccn2n1. The van der Waals surface area contributed by atoms with Crippen LogP contribution in [0.5, 0.6) is 0 Å². The molecule has 0 atom stereocenters. The number of anilines is 1. The fourth-order valence-electron chi connectivity index (χ4n) is 3.30. The second-order valence-electron chi connectivity index (χ2n) is 6.61. The van der Waals surface area contributed by atoms with E-state index >= 15 is 0 Å². The molecule has 8 heteroatoms. The lowest BCUT2D eigenvalue weighted by molar-refractivity contribution is 0.504. The largest absolute Gasteiger partial charge is 0.356 e. The number of nitrogens with one attached hydrogen (secondary N) is 1. The van der Waals surface area contributed by atoms with Crippen LogP contribution in [0.2, 0.25) is 5.15 Å². The van der Waals surface area contributed by atoms with Crippen LogP contribution in [0.4, 0.5) is 5.95 Å². The first kappa shape index (κ1) is 21.0. The molecule has 0 amide bonds. The zero-order valence-electron chi connectivity index (χ0n) is 17.3. The topological polar surface area (TPSA) is 72.4 Å². The summed E-state index contributed by atoms with van der Waals surface area (Å²) in [6, 6.07) is 1.97. The van der Waals surface area contributed by atoms with Crippen LogP contribution in [0.3, 0.4) is 0 Å². The molecule has 29 heavy (non-hydrogen) atoms. The average Bonchev–Trinajstić information content (AvgIpc) is 3.39. The zero-order chi connectivity index (χ0) is 20.6. The van der Waals surface area contributed by atoms with Crippen LogP contribution in [-0.2, 0) is 0 Å². The molecule has 154 valence electrons. The van der Waals surface area contributed by atoms with Crippen LogP contribution in [-0.4, -0.2) is 36.0 Å². The number of rotatable bonds is 2. The second-order valence-corrected chi connectivity index (χ2v) is 6.99. The predicted molar refractivity (Wildman–Crippen MR) is 119 cm³/mol. The Morgan fingerprint density at radius 2 is 1.59 bits per heavy atom. The van der Waals surface area contributed by atoms with Crippen molar-refractivity contribution < 1.29 is 0 Å². The molecule has 1 N–H and O–H groups in total. The van der Waals surface area contributed by atoms with Crippen molar-refractivity contribution in [3.8, 4) is 11.1 Å². The molecular weight excluding hydrogens is 386 g/mol. The number of imidazole rings is 1. The number of halogens is 1. The molecule has 0 saturated heterocycles. The minimum Gasteiger partial charge on any atom is -0.356 e. The van der Waals surface area contributed by atoms with E-state index in [9.17, 15) is 0 Å². The lowest BCUT2D eigenvalue weighted by atomic mass is 10.0. The average molecular weight is 414 g/mol.